The van der Waals surface area contributed by atoms with Crippen molar-refractivity contribution in [2.45, 2.75) is 45.4 Å². The van der Waals surface area contributed by atoms with Crippen molar-refractivity contribution in [2.24, 2.45) is 11.8 Å². The molecule has 0 heterocycles. The van der Waals surface area contributed by atoms with Gasteiger partial charge in [-0.15, -0.1) is 6.58 Å². The van der Waals surface area contributed by atoms with Gasteiger partial charge in [-0.2, -0.15) is 0 Å². The molecule has 1 aliphatic rings. The molecule has 1 rings (SSSR count). The van der Waals surface area contributed by atoms with Gasteiger partial charge in [-0.25, -0.2) is 0 Å². The van der Waals surface area contributed by atoms with E-state index in [1.807, 2.05) is 0 Å². The Hall–Kier alpha value is -0.260. The lowest BCUT2D eigenvalue weighted by molar-refractivity contribution is 0.462. The second-order valence-corrected chi connectivity index (χ2v) is 3.86. The number of allylic oxidation sites excluding steroid dienone is 1. The first-order chi connectivity index (χ1) is 5.36. The predicted molar refractivity (Wildman–Crippen MR) is 50.6 cm³/mol. The third-order valence-electron chi connectivity index (χ3n) is 2.85. The quantitative estimate of drug-likeness (QED) is 0.538. The van der Waals surface area contributed by atoms with Crippen LogP contribution in [-0.4, -0.2) is 0 Å². The van der Waals surface area contributed by atoms with Crippen LogP contribution in [0.2, 0.25) is 0 Å². The fourth-order valence-corrected chi connectivity index (χ4v) is 2.30. The maximum atomic E-state index is 3.80. The Morgan fingerprint density at radius 2 is 2.09 bits per heavy atom. The van der Waals surface area contributed by atoms with E-state index in [4.69, 9.17) is 0 Å². The van der Waals surface area contributed by atoms with Gasteiger partial charge in [0, 0.05) is 0 Å². The highest BCUT2D eigenvalue weighted by Gasteiger charge is 2.22. The Morgan fingerprint density at radius 1 is 1.36 bits per heavy atom. The van der Waals surface area contributed by atoms with E-state index in [0.29, 0.717) is 0 Å². The van der Waals surface area contributed by atoms with E-state index in [1.165, 1.54) is 38.5 Å². The highest BCUT2D eigenvalue weighted by molar-refractivity contribution is 4.80. The molecule has 0 nitrogen and oxygen atoms in total. The molecule has 11 heavy (non-hydrogen) atoms. The monoisotopic (exact) mass is 152 g/mol. The Kier molecular flexibility index (Phi) is 3.68. The molecule has 1 saturated carbocycles. The largest absolute Gasteiger partial charge is 0.103 e. The van der Waals surface area contributed by atoms with Gasteiger partial charge in [0.15, 0.2) is 0 Å². The molecular weight excluding hydrogens is 132 g/mol. The van der Waals surface area contributed by atoms with Crippen molar-refractivity contribution < 1.29 is 0 Å². The Labute approximate surface area is 70.7 Å². The van der Waals surface area contributed by atoms with E-state index in [2.05, 4.69) is 19.6 Å². The molecule has 0 radical (unpaired) electrons. The first-order valence-electron chi connectivity index (χ1n) is 4.97. The average molecular weight is 152 g/mol. The fraction of sp³-hybridized carbons (Fsp3) is 0.818. The van der Waals surface area contributed by atoms with E-state index >= 15 is 0 Å². The number of hydrogen-bond acceptors (Lipinski definition) is 0. The highest BCUT2D eigenvalue weighted by atomic mass is 14.3. The topological polar surface area (TPSA) is 0 Å². The second-order valence-electron chi connectivity index (χ2n) is 3.86. The standard InChI is InChI=1S/C11H20/c1-3-5-10-7-8-11(9-10)6-4-2/h3,10-11H,1,4-9H2,2H3/t10?,11-/m1/s1. The molecule has 1 unspecified atom stereocenters. The maximum Gasteiger partial charge on any atom is -0.0325 e. The molecule has 0 saturated heterocycles. The van der Waals surface area contributed by atoms with E-state index in [9.17, 15) is 0 Å². The minimum absolute atomic E-state index is 0.976. The van der Waals surface area contributed by atoms with Gasteiger partial charge in [0.2, 0.25) is 0 Å². The van der Waals surface area contributed by atoms with E-state index in [1.54, 1.807) is 0 Å². The van der Waals surface area contributed by atoms with Crippen LogP contribution in [0.5, 0.6) is 0 Å². The van der Waals surface area contributed by atoms with Gasteiger partial charge in [-0.3, -0.25) is 0 Å². The van der Waals surface area contributed by atoms with Crippen LogP contribution in [0.1, 0.15) is 45.4 Å². The maximum absolute atomic E-state index is 3.80. The third kappa shape index (κ3) is 2.69. The minimum atomic E-state index is 0.976. The first-order valence-corrected chi connectivity index (χ1v) is 4.97. The Bertz CT molecular complexity index is 115. The predicted octanol–water partition coefficient (Wildman–Crippen LogP) is 3.78. The minimum Gasteiger partial charge on any atom is -0.103 e. The normalized spacial score (nSPS) is 30.6. The molecule has 0 aromatic rings. The zero-order chi connectivity index (χ0) is 8.10. The second kappa shape index (κ2) is 4.58. The summed E-state index contributed by atoms with van der Waals surface area (Å²) in [6.07, 6.45) is 10.6. The van der Waals surface area contributed by atoms with Crippen molar-refractivity contribution in [3.63, 3.8) is 0 Å². The SMILES string of the molecule is C=CCC1CC[C@@H](CCC)C1. The van der Waals surface area contributed by atoms with Crippen LogP contribution in [0.4, 0.5) is 0 Å². The molecule has 0 aliphatic heterocycles. The molecule has 0 heteroatoms. The van der Waals surface area contributed by atoms with Crippen LogP contribution < -0.4 is 0 Å². The van der Waals surface area contributed by atoms with Crippen molar-refractivity contribution in [3.05, 3.63) is 12.7 Å². The lowest BCUT2D eigenvalue weighted by Crippen LogP contribution is -1.94. The smallest absolute Gasteiger partial charge is 0.0325 e. The third-order valence-corrected chi connectivity index (χ3v) is 2.85. The molecule has 0 amide bonds. The molecule has 1 fully saturated rings. The van der Waals surface area contributed by atoms with Gasteiger partial charge in [0.25, 0.3) is 0 Å². The van der Waals surface area contributed by atoms with Crippen LogP contribution in [0, 0.1) is 11.8 Å². The summed E-state index contributed by atoms with van der Waals surface area (Å²) >= 11 is 0. The average Bonchev–Trinajstić information content (AvgIpc) is 2.38. The van der Waals surface area contributed by atoms with Crippen LogP contribution >= 0.6 is 0 Å². The molecule has 0 bridgehead atoms. The van der Waals surface area contributed by atoms with Gasteiger partial charge in [0.1, 0.15) is 0 Å². The summed E-state index contributed by atoms with van der Waals surface area (Å²) in [6.45, 7) is 6.09. The lowest BCUT2D eigenvalue weighted by Gasteiger charge is -2.07. The molecule has 1 aliphatic carbocycles. The summed E-state index contributed by atoms with van der Waals surface area (Å²) < 4.78 is 0. The van der Waals surface area contributed by atoms with E-state index in [-0.39, 0.29) is 0 Å². The van der Waals surface area contributed by atoms with Gasteiger partial charge < -0.3 is 0 Å². The summed E-state index contributed by atoms with van der Waals surface area (Å²) in [5, 5.41) is 0. The van der Waals surface area contributed by atoms with Gasteiger partial charge in [-0.05, 0) is 31.1 Å². The fourth-order valence-electron chi connectivity index (χ4n) is 2.30. The van der Waals surface area contributed by atoms with Crippen LogP contribution in [0.3, 0.4) is 0 Å². The van der Waals surface area contributed by atoms with Crippen molar-refractivity contribution in [3.8, 4) is 0 Å². The summed E-state index contributed by atoms with van der Waals surface area (Å²) in [4.78, 5) is 0. The molecular formula is C11H20. The van der Waals surface area contributed by atoms with Gasteiger partial charge in [-0.1, -0.05) is 32.3 Å². The van der Waals surface area contributed by atoms with Gasteiger partial charge >= 0.3 is 0 Å². The molecule has 0 N–H and O–H groups in total. The Morgan fingerprint density at radius 3 is 2.73 bits per heavy atom. The van der Waals surface area contributed by atoms with Crippen molar-refractivity contribution in [1.29, 1.82) is 0 Å². The van der Waals surface area contributed by atoms with Crippen LogP contribution in [0.25, 0.3) is 0 Å². The molecule has 2 atom stereocenters. The van der Waals surface area contributed by atoms with Gasteiger partial charge in [0.05, 0.1) is 0 Å². The zero-order valence-electron chi connectivity index (χ0n) is 7.68. The summed E-state index contributed by atoms with van der Waals surface area (Å²) in [5.74, 6) is 2.02. The zero-order valence-corrected chi connectivity index (χ0v) is 7.68. The van der Waals surface area contributed by atoms with Crippen molar-refractivity contribution in [1.82, 2.24) is 0 Å². The number of rotatable bonds is 4. The van der Waals surface area contributed by atoms with Crippen molar-refractivity contribution in [2.75, 3.05) is 0 Å². The molecule has 0 aromatic carbocycles. The summed E-state index contributed by atoms with van der Waals surface area (Å²) in [6, 6.07) is 0. The first kappa shape index (κ1) is 8.83. The highest BCUT2D eigenvalue weighted by Crippen LogP contribution is 2.35. The van der Waals surface area contributed by atoms with E-state index < -0.39 is 0 Å². The summed E-state index contributed by atoms with van der Waals surface area (Å²) in [5.41, 5.74) is 0. The Balaban J connectivity index is 2.17. The molecule has 0 aromatic heterocycles. The number of hydrogen-bond donors (Lipinski definition) is 0. The summed E-state index contributed by atoms with van der Waals surface area (Å²) in [7, 11) is 0. The van der Waals surface area contributed by atoms with Crippen molar-refractivity contribution >= 4 is 0 Å². The molecule has 64 valence electrons. The van der Waals surface area contributed by atoms with E-state index in [0.717, 1.165) is 11.8 Å². The molecule has 0 spiro atoms. The van der Waals surface area contributed by atoms with Crippen LogP contribution in [0.15, 0.2) is 12.7 Å². The lowest BCUT2D eigenvalue weighted by atomic mass is 9.99. The van der Waals surface area contributed by atoms with Crippen LogP contribution in [-0.2, 0) is 0 Å².